The maximum atomic E-state index is 12.8. The van der Waals surface area contributed by atoms with Crippen LogP contribution < -0.4 is 0 Å². The van der Waals surface area contributed by atoms with Crippen LogP contribution in [0.4, 0.5) is 0 Å². The third kappa shape index (κ3) is 7.88. The van der Waals surface area contributed by atoms with Crippen LogP contribution in [0.25, 0.3) is 0 Å². The molecule has 0 aliphatic heterocycles. The second kappa shape index (κ2) is 8.94. The fourth-order valence-electron chi connectivity index (χ4n) is 3.58. The van der Waals surface area contributed by atoms with E-state index in [1.54, 1.807) is 0 Å². The molecule has 0 spiro atoms. The van der Waals surface area contributed by atoms with Crippen LogP contribution in [0.15, 0.2) is 48.5 Å². The molecule has 0 unspecified atom stereocenters. The molecular weight excluding hydrogens is 342 g/mol. The van der Waals surface area contributed by atoms with Gasteiger partial charge in [0.05, 0.1) is 6.42 Å². The minimum absolute atomic E-state index is 0.161. The maximum Gasteiger partial charge on any atom is 0.227 e. The van der Waals surface area contributed by atoms with Gasteiger partial charge in [-0.15, -0.1) is 0 Å². The van der Waals surface area contributed by atoms with Gasteiger partial charge in [-0.2, -0.15) is 0 Å². The Morgan fingerprint density at radius 3 is 1.68 bits per heavy atom. The molecule has 0 aliphatic carbocycles. The van der Waals surface area contributed by atoms with Gasteiger partial charge in [-0.05, 0) is 45.9 Å². The summed E-state index contributed by atoms with van der Waals surface area (Å²) in [6.07, 6.45) is 2.51. The number of hydrogen-bond acceptors (Lipinski definition) is 1. The van der Waals surface area contributed by atoms with Gasteiger partial charge in [0, 0.05) is 13.6 Å². The Bertz CT molecular complexity index is 793. The number of nitrogens with zero attached hydrogens (tertiary/aromatic N) is 1. The van der Waals surface area contributed by atoms with Crippen molar-refractivity contribution in [1.82, 2.24) is 4.90 Å². The van der Waals surface area contributed by atoms with Gasteiger partial charge in [0.25, 0.3) is 0 Å². The largest absolute Gasteiger partial charge is 0.341 e. The molecule has 152 valence electrons. The average Bonchev–Trinajstić information content (AvgIpc) is 2.52. The zero-order valence-corrected chi connectivity index (χ0v) is 18.8. The Morgan fingerprint density at radius 2 is 1.18 bits per heavy atom. The normalized spacial score (nSPS) is 12.1. The van der Waals surface area contributed by atoms with Crippen molar-refractivity contribution in [1.29, 1.82) is 0 Å². The van der Waals surface area contributed by atoms with Crippen molar-refractivity contribution >= 4 is 5.91 Å². The lowest BCUT2D eigenvalue weighted by Gasteiger charge is -2.21. The van der Waals surface area contributed by atoms with Crippen molar-refractivity contribution < 1.29 is 4.79 Å². The Hall–Kier alpha value is -2.09. The first-order valence-corrected chi connectivity index (χ1v) is 10.3. The van der Waals surface area contributed by atoms with Crippen LogP contribution in [0, 0.1) is 10.8 Å². The number of amides is 1. The van der Waals surface area contributed by atoms with Crippen LogP contribution in [0.5, 0.6) is 0 Å². The molecule has 0 saturated heterocycles. The van der Waals surface area contributed by atoms with Crippen molar-refractivity contribution in [2.45, 2.75) is 67.3 Å². The van der Waals surface area contributed by atoms with Gasteiger partial charge in [-0.3, -0.25) is 4.79 Å². The van der Waals surface area contributed by atoms with Gasteiger partial charge in [0.15, 0.2) is 0 Å². The summed E-state index contributed by atoms with van der Waals surface area (Å²) in [5.74, 6) is 0.161. The van der Waals surface area contributed by atoms with E-state index in [0.29, 0.717) is 13.0 Å². The Morgan fingerprint density at radius 1 is 0.750 bits per heavy atom. The highest BCUT2D eigenvalue weighted by Crippen LogP contribution is 2.22. The molecule has 0 aliphatic rings. The second-order valence-electron chi connectivity index (χ2n) is 10.5. The number of hydrogen-bond donors (Lipinski definition) is 0. The first-order valence-electron chi connectivity index (χ1n) is 10.3. The Labute approximate surface area is 172 Å². The van der Waals surface area contributed by atoms with Gasteiger partial charge >= 0.3 is 0 Å². The molecule has 0 fully saturated rings. The van der Waals surface area contributed by atoms with E-state index < -0.39 is 0 Å². The molecule has 0 aromatic heterocycles. The van der Waals surface area contributed by atoms with Crippen molar-refractivity contribution in [3.05, 3.63) is 70.8 Å². The number of benzene rings is 2. The first kappa shape index (κ1) is 22.2. The van der Waals surface area contributed by atoms with E-state index >= 15 is 0 Å². The molecular formula is C26H37NO. The smallest absolute Gasteiger partial charge is 0.227 e. The molecule has 28 heavy (non-hydrogen) atoms. The highest BCUT2D eigenvalue weighted by molar-refractivity contribution is 5.78. The maximum absolute atomic E-state index is 12.8. The lowest BCUT2D eigenvalue weighted by atomic mass is 9.87. The van der Waals surface area contributed by atoms with E-state index in [2.05, 4.69) is 90.1 Å². The zero-order chi connectivity index (χ0) is 20.9. The van der Waals surface area contributed by atoms with Crippen LogP contribution in [0.2, 0.25) is 0 Å². The summed E-state index contributed by atoms with van der Waals surface area (Å²) in [6, 6.07) is 17.1. The molecule has 1 amide bonds. The standard InChI is InChI=1S/C26H37NO/c1-25(2,3)17-21-11-8-10-20(14-21)16-24(28)27(7)19-23-13-9-12-22(15-23)18-26(4,5)6/h8-15H,16-19H2,1-7H3. The molecule has 0 saturated carbocycles. The zero-order valence-electron chi connectivity index (χ0n) is 18.8. The predicted octanol–water partition coefficient (Wildman–Crippen LogP) is 6.06. The van der Waals surface area contributed by atoms with Crippen LogP contribution in [0.1, 0.15) is 63.8 Å². The molecule has 2 heteroatoms. The van der Waals surface area contributed by atoms with E-state index in [9.17, 15) is 4.79 Å². The summed E-state index contributed by atoms with van der Waals surface area (Å²) in [5.41, 5.74) is 5.44. The van der Waals surface area contributed by atoms with Gasteiger partial charge < -0.3 is 4.90 Å². The summed E-state index contributed by atoms with van der Waals surface area (Å²) in [5, 5.41) is 0. The minimum Gasteiger partial charge on any atom is -0.341 e. The van der Waals surface area contributed by atoms with Gasteiger partial charge in [-0.1, -0.05) is 90.1 Å². The lowest BCUT2D eigenvalue weighted by molar-refractivity contribution is -0.129. The topological polar surface area (TPSA) is 20.3 Å². The third-order valence-corrected chi connectivity index (χ3v) is 4.65. The number of rotatable bonds is 6. The van der Waals surface area contributed by atoms with Crippen molar-refractivity contribution in [2.24, 2.45) is 10.8 Å². The van der Waals surface area contributed by atoms with E-state index in [1.807, 2.05) is 11.9 Å². The molecule has 0 bridgehead atoms. The monoisotopic (exact) mass is 379 g/mol. The molecule has 0 atom stereocenters. The van der Waals surface area contributed by atoms with E-state index in [-0.39, 0.29) is 16.7 Å². The molecule has 0 radical (unpaired) electrons. The SMILES string of the molecule is CN(Cc1cccc(CC(C)(C)C)c1)C(=O)Cc1cccc(CC(C)(C)C)c1. The summed E-state index contributed by atoms with van der Waals surface area (Å²) in [4.78, 5) is 14.6. The molecule has 0 heterocycles. The van der Waals surface area contributed by atoms with Crippen LogP contribution in [0.3, 0.4) is 0 Å². The van der Waals surface area contributed by atoms with Crippen LogP contribution in [-0.4, -0.2) is 17.9 Å². The summed E-state index contributed by atoms with van der Waals surface area (Å²) >= 11 is 0. The average molecular weight is 380 g/mol. The molecule has 0 N–H and O–H groups in total. The fourth-order valence-corrected chi connectivity index (χ4v) is 3.58. The number of carbonyl (C=O) groups excluding carboxylic acids is 1. The highest BCUT2D eigenvalue weighted by Gasteiger charge is 2.15. The fraction of sp³-hybridized carbons (Fsp3) is 0.500. The van der Waals surface area contributed by atoms with E-state index in [1.165, 1.54) is 16.7 Å². The van der Waals surface area contributed by atoms with E-state index in [4.69, 9.17) is 0 Å². The quantitative estimate of drug-likeness (QED) is 0.597. The first-order chi connectivity index (χ1) is 12.9. The van der Waals surface area contributed by atoms with Crippen LogP contribution >= 0.6 is 0 Å². The predicted molar refractivity (Wildman–Crippen MR) is 119 cm³/mol. The second-order valence-corrected chi connectivity index (χ2v) is 10.5. The van der Waals surface area contributed by atoms with Crippen LogP contribution in [-0.2, 0) is 30.6 Å². The van der Waals surface area contributed by atoms with Crippen molar-refractivity contribution in [3.63, 3.8) is 0 Å². The van der Waals surface area contributed by atoms with Crippen molar-refractivity contribution in [2.75, 3.05) is 7.05 Å². The molecule has 2 aromatic carbocycles. The molecule has 2 nitrogen and oxygen atoms in total. The molecule has 2 aromatic rings. The van der Waals surface area contributed by atoms with E-state index in [0.717, 1.165) is 18.4 Å². The number of likely N-dealkylation sites (N-methyl/N-ethyl adjacent to an activating group) is 1. The van der Waals surface area contributed by atoms with Crippen molar-refractivity contribution in [3.8, 4) is 0 Å². The lowest BCUT2D eigenvalue weighted by Crippen LogP contribution is -2.27. The third-order valence-electron chi connectivity index (χ3n) is 4.65. The Balaban J connectivity index is 2.00. The highest BCUT2D eigenvalue weighted by atomic mass is 16.2. The summed E-state index contributed by atoms with van der Waals surface area (Å²) in [6.45, 7) is 14.1. The summed E-state index contributed by atoms with van der Waals surface area (Å²) < 4.78 is 0. The van der Waals surface area contributed by atoms with Gasteiger partial charge in [0.2, 0.25) is 5.91 Å². The minimum atomic E-state index is 0.161. The van der Waals surface area contributed by atoms with Gasteiger partial charge in [0.1, 0.15) is 0 Å². The summed E-state index contributed by atoms with van der Waals surface area (Å²) in [7, 11) is 1.90. The Kier molecular flexibility index (Phi) is 7.09. The molecule has 2 rings (SSSR count). The van der Waals surface area contributed by atoms with Gasteiger partial charge in [-0.25, -0.2) is 0 Å². The number of carbonyl (C=O) groups is 1.